The summed E-state index contributed by atoms with van der Waals surface area (Å²) in [5, 5.41) is 8.74. The number of hydrogen-bond acceptors (Lipinski definition) is 7. The Labute approximate surface area is 233 Å². The number of allylic oxidation sites excluding steroid dienone is 1. The zero-order chi connectivity index (χ0) is 27.0. The molecule has 3 aromatic carbocycles. The van der Waals surface area contributed by atoms with Crippen LogP contribution in [0.4, 0.5) is 5.95 Å². The number of esters is 1. The number of nitrogens with one attached hydrogen (secondary N) is 1. The van der Waals surface area contributed by atoms with Gasteiger partial charge in [0.2, 0.25) is 11.1 Å². The molecule has 1 aromatic heterocycles. The number of carbonyl (C=O) groups is 1. The van der Waals surface area contributed by atoms with Gasteiger partial charge in [0.1, 0.15) is 18.4 Å². The van der Waals surface area contributed by atoms with E-state index in [4.69, 9.17) is 19.6 Å². The van der Waals surface area contributed by atoms with Crippen LogP contribution in [0.25, 0.3) is 0 Å². The first-order valence-corrected chi connectivity index (χ1v) is 14.2. The monoisotopic (exact) mass is 540 g/mol. The maximum absolute atomic E-state index is 13.3. The molecule has 4 aromatic rings. The molecule has 1 unspecified atom stereocenters. The van der Waals surface area contributed by atoms with E-state index in [0.29, 0.717) is 35.6 Å². The van der Waals surface area contributed by atoms with Crippen LogP contribution in [-0.4, -0.2) is 27.3 Å². The van der Waals surface area contributed by atoms with Crippen LogP contribution in [0.15, 0.2) is 101 Å². The van der Waals surface area contributed by atoms with E-state index in [1.807, 2.05) is 79.7 Å². The molecule has 200 valence electrons. The number of hydrogen-bond donors (Lipinski definition) is 1. The molecule has 0 fully saturated rings. The van der Waals surface area contributed by atoms with Gasteiger partial charge < -0.3 is 14.8 Å². The molecule has 5 rings (SSSR count). The summed E-state index contributed by atoms with van der Waals surface area (Å²) < 4.78 is 13.4. The van der Waals surface area contributed by atoms with Gasteiger partial charge in [0.25, 0.3) is 0 Å². The van der Waals surface area contributed by atoms with Crippen LogP contribution >= 0.6 is 11.8 Å². The Morgan fingerprint density at radius 3 is 2.36 bits per heavy atom. The lowest BCUT2D eigenvalue weighted by atomic mass is 9.96. The van der Waals surface area contributed by atoms with Crippen molar-refractivity contribution in [1.82, 2.24) is 14.8 Å². The summed E-state index contributed by atoms with van der Waals surface area (Å²) in [6, 6.07) is 27.6. The number of aromatic nitrogens is 3. The second-order valence-electron chi connectivity index (χ2n) is 9.34. The van der Waals surface area contributed by atoms with Gasteiger partial charge >= 0.3 is 5.97 Å². The van der Waals surface area contributed by atoms with Crippen LogP contribution in [0, 0.1) is 0 Å². The zero-order valence-electron chi connectivity index (χ0n) is 22.2. The quantitative estimate of drug-likeness (QED) is 0.128. The van der Waals surface area contributed by atoms with Crippen molar-refractivity contribution in [3.8, 4) is 5.75 Å². The molecule has 0 spiro atoms. The molecule has 2 heterocycles. The predicted octanol–water partition coefficient (Wildman–Crippen LogP) is 6.78. The highest BCUT2D eigenvalue weighted by atomic mass is 32.2. The molecule has 1 atom stereocenters. The molecule has 0 aliphatic carbocycles. The van der Waals surface area contributed by atoms with Crippen LogP contribution in [0.3, 0.4) is 0 Å². The predicted molar refractivity (Wildman–Crippen MR) is 154 cm³/mol. The lowest BCUT2D eigenvalue weighted by Gasteiger charge is -2.28. The number of fused-ring (bicyclic) bond motifs is 1. The van der Waals surface area contributed by atoms with Gasteiger partial charge in [-0.25, -0.2) is 9.48 Å². The minimum absolute atomic E-state index is 0.345. The smallest absolute Gasteiger partial charge is 0.338 e. The van der Waals surface area contributed by atoms with E-state index in [0.717, 1.165) is 35.5 Å². The number of rotatable bonds is 11. The second kappa shape index (κ2) is 12.7. The first-order valence-electron chi connectivity index (χ1n) is 13.2. The lowest BCUT2D eigenvalue weighted by molar-refractivity contribution is -0.139. The third kappa shape index (κ3) is 6.52. The number of ether oxygens (including phenoxy) is 2. The maximum Gasteiger partial charge on any atom is 0.338 e. The van der Waals surface area contributed by atoms with Crippen molar-refractivity contribution < 1.29 is 14.3 Å². The summed E-state index contributed by atoms with van der Waals surface area (Å²) in [5.74, 6) is 1.76. The number of carbonyl (C=O) groups excluding carboxylic acids is 1. The van der Waals surface area contributed by atoms with Crippen molar-refractivity contribution in [3.63, 3.8) is 0 Å². The summed E-state index contributed by atoms with van der Waals surface area (Å²) >= 11 is 1.56. The Kier molecular flexibility index (Phi) is 8.63. The van der Waals surface area contributed by atoms with E-state index in [-0.39, 0.29) is 5.97 Å². The molecule has 1 aliphatic rings. The van der Waals surface area contributed by atoms with Crippen LogP contribution in [-0.2, 0) is 21.9 Å². The van der Waals surface area contributed by atoms with Gasteiger partial charge in [-0.2, -0.15) is 4.98 Å². The molecule has 0 bridgehead atoms. The van der Waals surface area contributed by atoms with Crippen LogP contribution < -0.4 is 10.1 Å². The number of nitrogens with zero attached hydrogens (tertiary/aromatic N) is 3. The van der Waals surface area contributed by atoms with Crippen LogP contribution in [0.5, 0.6) is 5.75 Å². The molecular formula is C31H32N4O3S. The number of anilines is 1. The maximum atomic E-state index is 13.3. The molecule has 1 aliphatic heterocycles. The summed E-state index contributed by atoms with van der Waals surface area (Å²) in [6.45, 7) is 4.82. The minimum atomic E-state index is -0.475. The highest BCUT2D eigenvalue weighted by Crippen LogP contribution is 2.37. The van der Waals surface area contributed by atoms with Gasteiger partial charge in [-0.3, -0.25) is 0 Å². The average Bonchev–Trinajstić information content (AvgIpc) is 3.38. The van der Waals surface area contributed by atoms with Crippen molar-refractivity contribution >= 4 is 23.7 Å². The van der Waals surface area contributed by atoms with E-state index in [1.54, 1.807) is 16.4 Å². The summed E-state index contributed by atoms with van der Waals surface area (Å²) in [5.41, 5.74) is 4.44. The Balaban J connectivity index is 1.41. The Bertz CT molecular complexity index is 1420. The van der Waals surface area contributed by atoms with Crippen molar-refractivity contribution in [3.05, 3.63) is 113 Å². The van der Waals surface area contributed by atoms with E-state index in [9.17, 15) is 4.79 Å². The van der Waals surface area contributed by atoms with E-state index < -0.39 is 6.04 Å². The van der Waals surface area contributed by atoms with Gasteiger partial charge in [-0.05, 0) is 42.2 Å². The SMILES string of the molecule is CCCCOC(=O)C1=C(C)Nc2nc(SCc3ccccc3)nn2C1c1ccc(OCc2ccccc2)cc1. The molecule has 0 amide bonds. The molecule has 0 radical (unpaired) electrons. The third-order valence-electron chi connectivity index (χ3n) is 6.44. The molecule has 0 saturated carbocycles. The standard InChI is InChI=1S/C31H32N4O3S/c1-3-4-19-37-29(36)27-22(2)32-30-33-31(39-21-24-13-9-6-10-14-24)34-35(30)28(27)25-15-17-26(18-16-25)38-20-23-11-7-5-8-12-23/h5-18,28H,3-4,19-21H2,1-2H3,(H,32,33,34). The molecule has 0 saturated heterocycles. The molecular weight excluding hydrogens is 508 g/mol. The van der Waals surface area contributed by atoms with Gasteiger partial charge in [0, 0.05) is 11.4 Å². The van der Waals surface area contributed by atoms with Gasteiger partial charge in [0.15, 0.2) is 0 Å². The fourth-order valence-corrected chi connectivity index (χ4v) is 5.15. The van der Waals surface area contributed by atoms with E-state index >= 15 is 0 Å². The summed E-state index contributed by atoms with van der Waals surface area (Å²) in [4.78, 5) is 18.0. The number of unbranched alkanes of at least 4 members (excludes halogenated alkanes) is 1. The fraction of sp³-hybridized carbons (Fsp3) is 0.258. The number of benzene rings is 3. The fourth-order valence-electron chi connectivity index (χ4n) is 4.36. The summed E-state index contributed by atoms with van der Waals surface area (Å²) in [6.07, 6.45) is 1.77. The zero-order valence-corrected chi connectivity index (χ0v) is 23.0. The Morgan fingerprint density at radius 1 is 0.974 bits per heavy atom. The normalized spacial score (nSPS) is 14.5. The summed E-state index contributed by atoms with van der Waals surface area (Å²) in [7, 11) is 0. The third-order valence-corrected chi connectivity index (χ3v) is 7.35. The molecule has 8 heteroatoms. The highest BCUT2D eigenvalue weighted by molar-refractivity contribution is 7.98. The Hall–Kier alpha value is -4.04. The van der Waals surface area contributed by atoms with Crippen LogP contribution in [0.1, 0.15) is 49.4 Å². The Morgan fingerprint density at radius 2 is 1.67 bits per heavy atom. The average molecular weight is 541 g/mol. The highest BCUT2D eigenvalue weighted by Gasteiger charge is 2.35. The first kappa shape index (κ1) is 26.6. The van der Waals surface area contributed by atoms with Gasteiger partial charge in [-0.1, -0.05) is 97.9 Å². The minimum Gasteiger partial charge on any atom is -0.489 e. The van der Waals surface area contributed by atoms with Crippen molar-refractivity contribution in [2.45, 2.75) is 50.2 Å². The second-order valence-corrected chi connectivity index (χ2v) is 10.3. The molecule has 39 heavy (non-hydrogen) atoms. The molecule has 7 nitrogen and oxygen atoms in total. The van der Waals surface area contributed by atoms with Crippen molar-refractivity contribution in [2.75, 3.05) is 11.9 Å². The van der Waals surface area contributed by atoms with Gasteiger partial charge in [0.05, 0.1) is 12.2 Å². The topological polar surface area (TPSA) is 78.3 Å². The van der Waals surface area contributed by atoms with Crippen molar-refractivity contribution in [1.29, 1.82) is 0 Å². The van der Waals surface area contributed by atoms with Crippen LogP contribution in [0.2, 0.25) is 0 Å². The van der Waals surface area contributed by atoms with Crippen molar-refractivity contribution in [2.24, 2.45) is 0 Å². The number of thioether (sulfide) groups is 1. The largest absolute Gasteiger partial charge is 0.489 e. The first-order chi connectivity index (χ1) is 19.1. The van der Waals surface area contributed by atoms with E-state index in [2.05, 4.69) is 24.4 Å². The van der Waals surface area contributed by atoms with E-state index in [1.165, 1.54) is 5.56 Å². The van der Waals surface area contributed by atoms with Gasteiger partial charge in [-0.15, -0.1) is 5.10 Å². The molecule has 1 N–H and O–H groups in total. The lowest BCUT2D eigenvalue weighted by Crippen LogP contribution is -2.29.